The molecule has 4 heterocycles. The normalized spacial score (nSPS) is 23.2. The molecule has 0 aliphatic carbocycles. The summed E-state index contributed by atoms with van der Waals surface area (Å²) in [5.74, 6) is -1.54. The molecule has 176 valence electrons. The molecule has 15 heteroatoms. The zero-order valence-electron chi connectivity index (χ0n) is 17.3. The summed E-state index contributed by atoms with van der Waals surface area (Å²) in [6, 6.07) is 3.40. The summed E-state index contributed by atoms with van der Waals surface area (Å²) in [7, 11) is 1.28. The van der Waals surface area contributed by atoms with E-state index in [1.807, 2.05) is 0 Å². The Morgan fingerprint density at radius 3 is 2.91 bits per heavy atom. The van der Waals surface area contributed by atoms with Crippen LogP contribution in [0.2, 0.25) is 0 Å². The quantitative estimate of drug-likeness (QED) is 0.205. The number of nitrogens with one attached hydrogen (secondary N) is 1. The molecule has 1 saturated heterocycles. The highest BCUT2D eigenvalue weighted by Gasteiger charge is 2.66. The molecule has 2 aliphatic heterocycles. The van der Waals surface area contributed by atoms with Crippen LogP contribution in [0.5, 0.6) is 0 Å². The number of fused-ring (bicyclic) bond motifs is 1. The van der Waals surface area contributed by atoms with Gasteiger partial charge >= 0.3 is 5.97 Å². The van der Waals surface area contributed by atoms with Crippen LogP contribution in [0.4, 0.5) is 0 Å². The van der Waals surface area contributed by atoms with Gasteiger partial charge in [-0.3, -0.25) is 14.5 Å². The Morgan fingerprint density at radius 2 is 2.30 bits per heavy atom. The predicted octanol–water partition coefficient (Wildman–Crippen LogP) is 1.52. The van der Waals surface area contributed by atoms with E-state index in [0.29, 0.717) is 31.5 Å². The van der Waals surface area contributed by atoms with E-state index in [1.165, 1.54) is 53.5 Å². The topological polar surface area (TPSA) is 145 Å². The number of aryl methyl sites for hydroxylation is 1. The molecule has 0 radical (unpaired) electrons. The molecule has 0 saturated carbocycles. The molecule has 0 spiro atoms. The van der Waals surface area contributed by atoms with Gasteiger partial charge in [0, 0.05) is 35.9 Å². The number of methoxy groups -OCH3 is 1. The SMILES string of the molecule is CO[C@@]1(NC(=O)C[S+]([O-])c2cccs2)C(=O)N2C(C(=O)O)=C(CSc3nc(C)ns3)CS[C@H]21. The van der Waals surface area contributed by atoms with Crippen LogP contribution in [0.15, 0.2) is 37.3 Å². The molecule has 1 fully saturated rings. The molecular formula is C18H18N4O6S5. The van der Waals surface area contributed by atoms with Crippen molar-refractivity contribution in [3.05, 3.63) is 34.6 Å². The number of carboxylic acid groups (broad SMARTS) is 1. The van der Waals surface area contributed by atoms with Crippen LogP contribution in [0.3, 0.4) is 0 Å². The number of ether oxygens (including phenoxy) is 1. The zero-order valence-corrected chi connectivity index (χ0v) is 21.4. The van der Waals surface area contributed by atoms with E-state index < -0.39 is 40.1 Å². The van der Waals surface area contributed by atoms with E-state index in [2.05, 4.69) is 14.7 Å². The van der Waals surface area contributed by atoms with Crippen LogP contribution in [0.1, 0.15) is 5.82 Å². The Morgan fingerprint density at radius 1 is 1.52 bits per heavy atom. The Hall–Kier alpha value is -1.62. The summed E-state index contributed by atoms with van der Waals surface area (Å²) in [6.45, 7) is 1.77. The van der Waals surface area contributed by atoms with Gasteiger partial charge in [-0.25, -0.2) is 9.78 Å². The zero-order chi connectivity index (χ0) is 23.8. The van der Waals surface area contributed by atoms with Gasteiger partial charge in [-0.05, 0) is 35.5 Å². The molecule has 3 atom stereocenters. The lowest BCUT2D eigenvalue weighted by molar-refractivity contribution is -0.192. The molecule has 2 aliphatic rings. The van der Waals surface area contributed by atoms with E-state index >= 15 is 0 Å². The summed E-state index contributed by atoms with van der Waals surface area (Å²) in [6.07, 6.45) is 0. The van der Waals surface area contributed by atoms with Crippen molar-refractivity contribution in [3.63, 3.8) is 0 Å². The van der Waals surface area contributed by atoms with Crippen LogP contribution >= 0.6 is 46.4 Å². The third kappa shape index (κ3) is 4.67. The lowest BCUT2D eigenvalue weighted by atomic mass is 9.98. The highest BCUT2D eigenvalue weighted by molar-refractivity contribution is 8.01. The van der Waals surface area contributed by atoms with Gasteiger partial charge in [0.1, 0.15) is 16.9 Å². The smallest absolute Gasteiger partial charge is 0.352 e. The molecule has 2 amide bonds. The molecule has 33 heavy (non-hydrogen) atoms. The summed E-state index contributed by atoms with van der Waals surface area (Å²) in [4.78, 5) is 43.1. The molecule has 1 unspecified atom stereocenters. The molecule has 2 aromatic heterocycles. The number of thiophene rings is 1. The number of rotatable bonds is 9. The van der Waals surface area contributed by atoms with E-state index in [9.17, 15) is 24.0 Å². The van der Waals surface area contributed by atoms with Crippen LogP contribution < -0.4 is 5.32 Å². The van der Waals surface area contributed by atoms with Gasteiger partial charge in [0.15, 0.2) is 10.1 Å². The van der Waals surface area contributed by atoms with Crippen molar-refractivity contribution in [3.8, 4) is 0 Å². The standard InChI is InChI=1S/C18H18N4O6S5/c1-9-19-17(32-21-9)31-7-10-6-30-16-18(28-2,15(26)22(16)13(10)14(24)25)20-11(23)8-33(27)12-4-3-5-29-12/h3-5,16H,6-8H2,1-2H3,(H,20,23)(H,24,25)/t16-,18-,33?/m0/s1. The Labute approximate surface area is 208 Å². The monoisotopic (exact) mass is 546 g/mol. The van der Waals surface area contributed by atoms with Crippen LogP contribution in [0.25, 0.3) is 0 Å². The number of thioether (sulfide) groups is 2. The number of carbonyl (C=O) groups excluding carboxylic acids is 2. The van der Waals surface area contributed by atoms with Gasteiger partial charge in [0.25, 0.3) is 17.5 Å². The Balaban J connectivity index is 1.49. The van der Waals surface area contributed by atoms with Gasteiger partial charge in [0.2, 0.25) is 4.21 Å². The number of hydrogen-bond donors (Lipinski definition) is 2. The van der Waals surface area contributed by atoms with Crippen LogP contribution in [0, 0.1) is 6.92 Å². The van der Waals surface area contributed by atoms with E-state index in [4.69, 9.17) is 4.74 Å². The summed E-state index contributed by atoms with van der Waals surface area (Å²) in [5, 5.41) is 13.4. The largest absolute Gasteiger partial charge is 0.610 e. The average Bonchev–Trinajstić information content (AvgIpc) is 3.47. The lowest BCUT2D eigenvalue weighted by Crippen LogP contribution is -2.81. The first-order chi connectivity index (χ1) is 15.8. The number of aliphatic carboxylic acids is 1. The lowest BCUT2D eigenvalue weighted by Gasteiger charge is -2.55. The fraction of sp³-hybridized carbons (Fsp3) is 0.389. The second-order valence-electron chi connectivity index (χ2n) is 6.90. The fourth-order valence-electron chi connectivity index (χ4n) is 3.37. The van der Waals surface area contributed by atoms with E-state index in [1.54, 1.807) is 24.4 Å². The van der Waals surface area contributed by atoms with Crippen molar-refractivity contribution in [2.45, 2.75) is 26.6 Å². The highest BCUT2D eigenvalue weighted by atomic mass is 32.2. The number of β-lactam (4-membered cyclic amide) rings is 1. The molecule has 0 aromatic carbocycles. The second-order valence-corrected chi connectivity index (χ2v) is 12.6. The number of aromatic nitrogens is 2. The molecular weight excluding hydrogens is 529 g/mol. The van der Waals surface area contributed by atoms with Gasteiger partial charge in [-0.1, -0.05) is 23.1 Å². The predicted molar refractivity (Wildman–Crippen MR) is 127 cm³/mol. The van der Waals surface area contributed by atoms with Crippen molar-refractivity contribution >= 4 is 75.4 Å². The first-order valence-corrected chi connectivity index (χ1v) is 14.4. The maximum absolute atomic E-state index is 13.1. The third-order valence-corrected chi connectivity index (χ3v) is 10.8. The summed E-state index contributed by atoms with van der Waals surface area (Å²) < 4.78 is 23.1. The number of nitrogens with zero attached hydrogens (tertiary/aromatic N) is 3. The molecule has 0 bridgehead atoms. The van der Waals surface area contributed by atoms with Crippen molar-refractivity contribution in [2.75, 3.05) is 24.4 Å². The third-order valence-electron chi connectivity index (χ3n) is 4.82. The highest BCUT2D eigenvalue weighted by Crippen LogP contribution is 2.47. The minimum absolute atomic E-state index is 0.110. The van der Waals surface area contributed by atoms with Crippen molar-refractivity contribution < 1.29 is 28.8 Å². The van der Waals surface area contributed by atoms with Crippen LogP contribution in [-0.4, -0.2) is 77.2 Å². The maximum atomic E-state index is 13.1. The minimum Gasteiger partial charge on any atom is -0.610 e. The molecule has 4 rings (SSSR count). The Bertz CT molecular complexity index is 1110. The summed E-state index contributed by atoms with van der Waals surface area (Å²) >= 11 is 3.61. The van der Waals surface area contributed by atoms with Crippen molar-refractivity contribution in [1.29, 1.82) is 0 Å². The first kappa shape index (κ1) is 24.5. The average molecular weight is 547 g/mol. The fourth-order valence-corrected chi connectivity index (χ4v) is 8.49. The second kappa shape index (κ2) is 9.93. The maximum Gasteiger partial charge on any atom is 0.352 e. The summed E-state index contributed by atoms with van der Waals surface area (Å²) in [5.41, 5.74) is -1.25. The molecule has 2 aromatic rings. The van der Waals surface area contributed by atoms with Crippen molar-refractivity contribution in [1.82, 2.24) is 19.6 Å². The van der Waals surface area contributed by atoms with Gasteiger partial charge in [0.05, 0.1) is 0 Å². The van der Waals surface area contributed by atoms with Gasteiger partial charge < -0.3 is 19.7 Å². The van der Waals surface area contributed by atoms with E-state index in [0.717, 1.165) is 4.90 Å². The van der Waals surface area contributed by atoms with Gasteiger partial charge in [-0.15, -0.1) is 11.8 Å². The van der Waals surface area contributed by atoms with Crippen LogP contribution in [-0.2, 0) is 30.3 Å². The number of amides is 2. The van der Waals surface area contributed by atoms with Crippen molar-refractivity contribution in [2.24, 2.45) is 0 Å². The Kier molecular flexibility index (Phi) is 7.38. The molecule has 10 nitrogen and oxygen atoms in total. The number of carbonyl (C=O) groups is 3. The number of hydrogen-bond acceptors (Lipinski definition) is 11. The number of carboxylic acids is 1. The van der Waals surface area contributed by atoms with E-state index in [-0.39, 0.29) is 11.4 Å². The minimum atomic E-state index is -1.71. The van der Waals surface area contributed by atoms with Gasteiger partial charge in [-0.2, -0.15) is 4.37 Å². The first-order valence-electron chi connectivity index (χ1n) is 9.38. The molecule has 2 N–H and O–H groups in total.